The van der Waals surface area contributed by atoms with Crippen molar-refractivity contribution in [1.29, 1.82) is 0 Å². The first-order chi connectivity index (χ1) is 12.7. The van der Waals surface area contributed by atoms with E-state index in [9.17, 15) is 0 Å². The Hall–Kier alpha value is -2.44. The minimum atomic E-state index is 0.230. The molecule has 0 saturated carbocycles. The van der Waals surface area contributed by atoms with E-state index in [1.165, 1.54) is 0 Å². The molecule has 7 heteroatoms. The summed E-state index contributed by atoms with van der Waals surface area (Å²) in [7, 11) is 2.02. The Bertz CT molecular complexity index is 880. The highest BCUT2D eigenvalue weighted by Crippen LogP contribution is 2.32. The maximum atomic E-state index is 5.92. The minimum absolute atomic E-state index is 0.230. The molecule has 3 heterocycles. The molecule has 0 spiro atoms. The van der Waals surface area contributed by atoms with Crippen molar-refractivity contribution in [3.05, 3.63) is 65.6 Å². The summed E-state index contributed by atoms with van der Waals surface area (Å²) < 4.78 is 7.88. The molecule has 0 amide bonds. The maximum Gasteiger partial charge on any atom is 0.238 e. The van der Waals surface area contributed by atoms with Crippen LogP contribution in [0.1, 0.15) is 30.4 Å². The van der Waals surface area contributed by atoms with Crippen LogP contribution in [0, 0.1) is 0 Å². The summed E-state index contributed by atoms with van der Waals surface area (Å²) in [5.74, 6) is 2.24. The molecule has 0 unspecified atom stereocenters. The lowest BCUT2D eigenvalue weighted by molar-refractivity contribution is 0.234. The molecule has 4 rings (SSSR count). The van der Waals surface area contributed by atoms with Gasteiger partial charge in [-0.1, -0.05) is 11.6 Å². The van der Waals surface area contributed by atoms with Crippen LogP contribution in [-0.4, -0.2) is 31.0 Å². The Morgan fingerprint density at radius 2 is 2.08 bits per heavy atom. The van der Waals surface area contributed by atoms with E-state index >= 15 is 0 Å². The van der Waals surface area contributed by atoms with E-state index in [2.05, 4.69) is 24.4 Å². The van der Waals surface area contributed by atoms with Crippen LogP contribution in [0.25, 0.3) is 0 Å². The summed E-state index contributed by atoms with van der Waals surface area (Å²) in [6.45, 7) is 1.83. The van der Waals surface area contributed by atoms with Crippen molar-refractivity contribution < 1.29 is 4.74 Å². The second-order valence-electron chi connectivity index (χ2n) is 6.42. The van der Waals surface area contributed by atoms with Gasteiger partial charge in [0.2, 0.25) is 5.88 Å². The van der Waals surface area contributed by atoms with Gasteiger partial charge in [0, 0.05) is 24.5 Å². The van der Waals surface area contributed by atoms with Crippen molar-refractivity contribution in [3.63, 3.8) is 0 Å². The number of aromatic nitrogens is 4. The summed E-state index contributed by atoms with van der Waals surface area (Å²) >= 11 is 5.92. The highest BCUT2D eigenvalue weighted by molar-refractivity contribution is 6.30. The van der Waals surface area contributed by atoms with E-state index < -0.39 is 0 Å². The Labute approximate surface area is 157 Å². The molecule has 1 aliphatic rings. The highest BCUT2D eigenvalue weighted by Gasteiger charge is 2.28. The molecule has 0 bridgehead atoms. The first-order valence-corrected chi connectivity index (χ1v) is 9.02. The van der Waals surface area contributed by atoms with Crippen molar-refractivity contribution >= 4 is 11.6 Å². The summed E-state index contributed by atoms with van der Waals surface area (Å²) in [4.78, 5) is 15.9. The number of ether oxygens (including phenoxy) is 1. The minimum Gasteiger partial charge on any atom is -0.437 e. The first kappa shape index (κ1) is 17.0. The molecule has 6 nitrogen and oxygen atoms in total. The molecule has 1 aliphatic heterocycles. The van der Waals surface area contributed by atoms with Gasteiger partial charge >= 0.3 is 0 Å². The quantitative estimate of drug-likeness (QED) is 0.680. The smallest absolute Gasteiger partial charge is 0.238 e. The molecule has 1 atom stereocenters. The molecule has 0 aliphatic carbocycles. The maximum absolute atomic E-state index is 5.92. The fourth-order valence-corrected chi connectivity index (χ4v) is 3.40. The topological polar surface area (TPSA) is 56.1 Å². The van der Waals surface area contributed by atoms with Crippen molar-refractivity contribution in [2.75, 3.05) is 6.54 Å². The number of likely N-dealkylation sites (tertiary alicyclic amines) is 1. The highest BCUT2D eigenvalue weighted by atomic mass is 35.5. The van der Waals surface area contributed by atoms with Crippen LogP contribution in [0.3, 0.4) is 0 Å². The molecule has 2 aromatic heterocycles. The van der Waals surface area contributed by atoms with E-state index in [0.717, 1.165) is 37.4 Å². The predicted octanol–water partition coefficient (Wildman–Crippen LogP) is 3.99. The van der Waals surface area contributed by atoms with Crippen molar-refractivity contribution in [2.45, 2.75) is 25.4 Å². The van der Waals surface area contributed by atoms with E-state index in [0.29, 0.717) is 16.7 Å². The monoisotopic (exact) mass is 369 g/mol. The van der Waals surface area contributed by atoms with Crippen LogP contribution in [0.15, 0.2) is 49.1 Å². The predicted molar refractivity (Wildman–Crippen MR) is 99.2 cm³/mol. The number of hydrogen-bond acceptors (Lipinski definition) is 5. The number of nitrogens with zero attached hydrogens (tertiary/aromatic N) is 5. The van der Waals surface area contributed by atoms with Gasteiger partial charge in [0.05, 0.1) is 30.7 Å². The SMILES string of the molecule is Cn1ccnc1CN1CCC[C@@H]1c1cncc(Oc2ccc(Cl)cc2)n1. The fourth-order valence-electron chi connectivity index (χ4n) is 3.28. The van der Waals surface area contributed by atoms with Crippen LogP contribution in [0.5, 0.6) is 11.6 Å². The van der Waals surface area contributed by atoms with Crippen LogP contribution in [0.4, 0.5) is 0 Å². The third-order valence-electron chi connectivity index (χ3n) is 4.64. The second kappa shape index (κ2) is 7.43. The number of halogens is 1. The van der Waals surface area contributed by atoms with Crippen LogP contribution >= 0.6 is 11.6 Å². The molecule has 0 N–H and O–H groups in total. The zero-order chi connectivity index (χ0) is 17.9. The normalized spacial score (nSPS) is 17.5. The van der Waals surface area contributed by atoms with Crippen LogP contribution < -0.4 is 4.74 Å². The standard InChI is InChI=1S/C19H20ClN5O/c1-24-10-8-22-18(24)13-25-9-2-3-17(25)16-11-21-12-19(23-16)26-15-6-4-14(20)5-7-15/h4-8,10-12,17H,2-3,9,13H2,1H3/t17-/m1/s1. The van der Waals surface area contributed by atoms with Gasteiger partial charge in [-0.25, -0.2) is 9.97 Å². The van der Waals surface area contributed by atoms with Gasteiger partial charge in [-0.15, -0.1) is 0 Å². The van der Waals surface area contributed by atoms with Crippen molar-refractivity contribution in [1.82, 2.24) is 24.4 Å². The Balaban J connectivity index is 1.51. The van der Waals surface area contributed by atoms with Gasteiger partial charge in [0.1, 0.15) is 11.6 Å². The lowest BCUT2D eigenvalue weighted by Crippen LogP contribution is -2.25. The summed E-state index contributed by atoms with van der Waals surface area (Å²) in [5.41, 5.74) is 0.933. The second-order valence-corrected chi connectivity index (χ2v) is 6.86. The van der Waals surface area contributed by atoms with Crippen molar-refractivity contribution in [3.8, 4) is 11.6 Å². The van der Waals surface area contributed by atoms with Crippen molar-refractivity contribution in [2.24, 2.45) is 7.05 Å². The molecule has 1 saturated heterocycles. The van der Waals surface area contributed by atoms with E-state index in [-0.39, 0.29) is 6.04 Å². The number of benzene rings is 1. The molecule has 1 fully saturated rings. The number of rotatable bonds is 5. The largest absolute Gasteiger partial charge is 0.437 e. The molecule has 26 heavy (non-hydrogen) atoms. The van der Waals surface area contributed by atoms with Gasteiger partial charge in [0.15, 0.2) is 0 Å². The van der Waals surface area contributed by atoms with E-state index in [1.807, 2.05) is 37.8 Å². The molecule has 0 radical (unpaired) electrons. The zero-order valence-corrected chi connectivity index (χ0v) is 15.3. The molecule has 3 aromatic rings. The van der Waals surface area contributed by atoms with Crippen LogP contribution in [0.2, 0.25) is 5.02 Å². The Kier molecular flexibility index (Phi) is 4.86. The lowest BCUT2D eigenvalue weighted by atomic mass is 10.1. The number of hydrogen-bond donors (Lipinski definition) is 0. The van der Waals surface area contributed by atoms with Crippen LogP contribution in [-0.2, 0) is 13.6 Å². The number of aryl methyl sites for hydroxylation is 1. The molecular weight excluding hydrogens is 350 g/mol. The summed E-state index contributed by atoms with van der Waals surface area (Å²) in [6, 6.07) is 7.45. The molecule has 134 valence electrons. The van der Waals surface area contributed by atoms with Gasteiger partial charge in [-0.05, 0) is 43.7 Å². The fraction of sp³-hybridized carbons (Fsp3) is 0.316. The van der Waals surface area contributed by atoms with Gasteiger partial charge in [-0.3, -0.25) is 9.88 Å². The average Bonchev–Trinajstić information content (AvgIpc) is 3.27. The summed E-state index contributed by atoms with van der Waals surface area (Å²) in [6.07, 6.45) is 9.47. The zero-order valence-electron chi connectivity index (χ0n) is 14.5. The number of imidazole rings is 1. The van der Waals surface area contributed by atoms with E-state index in [1.54, 1.807) is 18.3 Å². The average molecular weight is 370 g/mol. The lowest BCUT2D eigenvalue weighted by Gasteiger charge is -2.23. The third kappa shape index (κ3) is 3.71. The molecular formula is C19H20ClN5O. The Morgan fingerprint density at radius 1 is 1.23 bits per heavy atom. The first-order valence-electron chi connectivity index (χ1n) is 8.64. The van der Waals surface area contributed by atoms with Gasteiger partial charge in [0.25, 0.3) is 0 Å². The Morgan fingerprint density at radius 3 is 2.85 bits per heavy atom. The summed E-state index contributed by atoms with van der Waals surface area (Å²) in [5, 5.41) is 0.674. The van der Waals surface area contributed by atoms with Gasteiger partial charge in [-0.2, -0.15) is 0 Å². The van der Waals surface area contributed by atoms with Gasteiger partial charge < -0.3 is 9.30 Å². The van der Waals surface area contributed by atoms with E-state index in [4.69, 9.17) is 16.3 Å². The molecule has 1 aromatic carbocycles. The third-order valence-corrected chi connectivity index (χ3v) is 4.89.